The number of hydrogen-bond donors (Lipinski definition) is 0. The summed E-state index contributed by atoms with van der Waals surface area (Å²) in [6, 6.07) is 0. The zero-order valence-electron chi connectivity index (χ0n) is 14.7. The maximum absolute atomic E-state index is 11.0. The van der Waals surface area contributed by atoms with E-state index in [9.17, 15) is 4.79 Å². The summed E-state index contributed by atoms with van der Waals surface area (Å²) in [6.45, 7) is 4.47. The molecule has 2 nitrogen and oxygen atoms in total. The summed E-state index contributed by atoms with van der Waals surface area (Å²) in [5.41, 5.74) is 0. The molecular weight excluding hydrogens is 272 g/mol. The summed E-state index contributed by atoms with van der Waals surface area (Å²) in [5, 5.41) is 0. The topological polar surface area (TPSA) is 26.3 Å². The summed E-state index contributed by atoms with van der Waals surface area (Å²) in [4.78, 5) is 11.0. The maximum atomic E-state index is 11.0. The minimum absolute atomic E-state index is 0.313. The van der Waals surface area contributed by atoms with Crippen LogP contribution in [0.5, 0.6) is 0 Å². The summed E-state index contributed by atoms with van der Waals surface area (Å²) in [5.74, 6) is 5.63. The second-order valence-electron chi connectivity index (χ2n) is 5.69. The zero-order valence-corrected chi connectivity index (χ0v) is 14.7. The Morgan fingerprint density at radius 2 is 1.41 bits per heavy atom. The van der Waals surface area contributed by atoms with Crippen molar-refractivity contribution in [2.24, 2.45) is 0 Å². The molecule has 0 rings (SSSR count). The van der Waals surface area contributed by atoms with Gasteiger partial charge in [-0.1, -0.05) is 83.0 Å². The van der Waals surface area contributed by atoms with E-state index in [-0.39, 0.29) is 5.97 Å². The molecule has 0 bridgehead atoms. The fourth-order valence-electron chi connectivity index (χ4n) is 2.31. The Kier molecular flexibility index (Phi) is 16.8. The van der Waals surface area contributed by atoms with Crippen molar-refractivity contribution >= 4 is 5.97 Å². The van der Waals surface area contributed by atoms with Gasteiger partial charge in [-0.3, -0.25) is 0 Å². The molecule has 0 spiro atoms. The van der Waals surface area contributed by atoms with Crippen LogP contribution in [-0.4, -0.2) is 12.6 Å². The van der Waals surface area contributed by atoms with Gasteiger partial charge in [0.25, 0.3) is 0 Å². The zero-order chi connectivity index (χ0) is 16.3. The number of unbranched alkanes of at least 4 members (excludes halogenated alkanes) is 11. The van der Waals surface area contributed by atoms with E-state index < -0.39 is 0 Å². The lowest BCUT2D eigenvalue weighted by Crippen LogP contribution is -1.98. The minimum Gasteiger partial charge on any atom is -0.463 e. The fraction of sp³-hybridized carbons (Fsp3) is 0.750. The van der Waals surface area contributed by atoms with Gasteiger partial charge < -0.3 is 4.74 Å². The highest BCUT2D eigenvalue weighted by Crippen LogP contribution is 2.11. The lowest BCUT2D eigenvalue weighted by Gasteiger charge is -2.01. The molecule has 0 N–H and O–H groups in total. The molecule has 0 aromatic rings. The van der Waals surface area contributed by atoms with Crippen molar-refractivity contribution < 1.29 is 9.53 Å². The first-order chi connectivity index (χ1) is 10.8. The highest BCUT2D eigenvalue weighted by atomic mass is 16.5. The number of carbonyl (C=O) groups is 1. The van der Waals surface area contributed by atoms with Crippen molar-refractivity contribution in [1.82, 2.24) is 0 Å². The molecule has 0 atom stereocenters. The largest absolute Gasteiger partial charge is 0.463 e. The highest BCUT2D eigenvalue weighted by molar-refractivity contribution is 5.82. The standard InChI is InChI=1S/C20H34O2/c1-3-5-6-7-8-9-10-11-12-13-14-15-16-17-18-19-20(21)22-4-2/h18-19H,3-15H2,1-2H3/b19-18+. The van der Waals surface area contributed by atoms with Crippen LogP contribution in [0, 0.1) is 11.8 Å². The van der Waals surface area contributed by atoms with Gasteiger partial charge in [-0.15, -0.1) is 0 Å². The molecular formula is C20H34O2. The molecule has 0 amide bonds. The Morgan fingerprint density at radius 3 is 1.95 bits per heavy atom. The van der Waals surface area contributed by atoms with Gasteiger partial charge in [-0.05, 0) is 19.4 Å². The number of allylic oxidation sites excluding steroid dienone is 1. The Bertz CT molecular complexity index is 333. The van der Waals surface area contributed by atoms with E-state index in [1.165, 1.54) is 70.3 Å². The van der Waals surface area contributed by atoms with Crippen LogP contribution in [0.2, 0.25) is 0 Å². The lowest BCUT2D eigenvalue weighted by molar-refractivity contribution is -0.137. The molecule has 0 heterocycles. The first kappa shape index (κ1) is 20.8. The fourth-order valence-corrected chi connectivity index (χ4v) is 2.31. The molecule has 126 valence electrons. The monoisotopic (exact) mass is 306 g/mol. The first-order valence-corrected chi connectivity index (χ1v) is 9.13. The highest BCUT2D eigenvalue weighted by Gasteiger charge is 1.92. The first-order valence-electron chi connectivity index (χ1n) is 9.13. The smallest absolute Gasteiger partial charge is 0.331 e. The Morgan fingerprint density at radius 1 is 0.864 bits per heavy atom. The van der Waals surface area contributed by atoms with Crippen LogP contribution < -0.4 is 0 Å². The van der Waals surface area contributed by atoms with E-state index in [4.69, 9.17) is 4.74 Å². The maximum Gasteiger partial charge on any atom is 0.331 e. The predicted octanol–water partition coefficient (Wildman–Crippen LogP) is 5.81. The van der Waals surface area contributed by atoms with Gasteiger partial charge in [-0.2, -0.15) is 0 Å². The van der Waals surface area contributed by atoms with Crippen molar-refractivity contribution in [3.05, 3.63) is 12.2 Å². The van der Waals surface area contributed by atoms with Crippen molar-refractivity contribution in [3.8, 4) is 11.8 Å². The predicted molar refractivity (Wildman–Crippen MR) is 94.6 cm³/mol. The molecule has 2 heteroatoms. The summed E-state index contributed by atoms with van der Waals surface area (Å²) in [7, 11) is 0. The molecule has 0 saturated carbocycles. The van der Waals surface area contributed by atoms with Gasteiger partial charge in [0.05, 0.1) is 6.61 Å². The number of ether oxygens (including phenoxy) is 1. The Labute approximate surface area is 137 Å². The van der Waals surface area contributed by atoms with Crippen LogP contribution in [-0.2, 0) is 9.53 Å². The Balaban J connectivity index is 3.25. The molecule has 0 radical (unpaired) electrons. The van der Waals surface area contributed by atoms with Crippen LogP contribution in [0.15, 0.2) is 12.2 Å². The lowest BCUT2D eigenvalue weighted by atomic mass is 10.1. The van der Waals surface area contributed by atoms with Gasteiger partial charge in [0.2, 0.25) is 0 Å². The van der Waals surface area contributed by atoms with E-state index in [0.717, 1.165) is 12.8 Å². The second-order valence-corrected chi connectivity index (χ2v) is 5.69. The number of esters is 1. The van der Waals surface area contributed by atoms with Crippen molar-refractivity contribution in [1.29, 1.82) is 0 Å². The van der Waals surface area contributed by atoms with E-state index in [2.05, 4.69) is 18.8 Å². The van der Waals surface area contributed by atoms with E-state index >= 15 is 0 Å². The minimum atomic E-state index is -0.313. The molecule has 0 aromatic heterocycles. The van der Waals surface area contributed by atoms with Crippen LogP contribution in [0.3, 0.4) is 0 Å². The van der Waals surface area contributed by atoms with Gasteiger partial charge in [0, 0.05) is 12.5 Å². The molecule has 0 aliphatic heterocycles. The third-order valence-corrected chi connectivity index (χ3v) is 3.60. The van der Waals surface area contributed by atoms with Crippen molar-refractivity contribution in [2.75, 3.05) is 6.61 Å². The van der Waals surface area contributed by atoms with Gasteiger partial charge >= 0.3 is 5.97 Å². The summed E-state index contributed by atoms with van der Waals surface area (Å²) >= 11 is 0. The van der Waals surface area contributed by atoms with Crippen molar-refractivity contribution in [3.63, 3.8) is 0 Å². The molecule has 0 unspecified atom stereocenters. The number of hydrogen-bond acceptors (Lipinski definition) is 2. The van der Waals surface area contributed by atoms with Crippen LogP contribution in [0.4, 0.5) is 0 Å². The third kappa shape index (κ3) is 16.8. The van der Waals surface area contributed by atoms with E-state index in [1.807, 2.05) is 0 Å². The number of rotatable bonds is 13. The molecule has 0 saturated heterocycles. The van der Waals surface area contributed by atoms with Crippen LogP contribution in [0.25, 0.3) is 0 Å². The van der Waals surface area contributed by atoms with Gasteiger partial charge in [0.1, 0.15) is 0 Å². The SMILES string of the molecule is CCCCCCCCCCCCCC#C/C=C/C(=O)OCC. The van der Waals surface area contributed by atoms with Gasteiger partial charge in [-0.25, -0.2) is 4.79 Å². The second kappa shape index (κ2) is 17.8. The molecule has 0 aliphatic rings. The molecule has 22 heavy (non-hydrogen) atoms. The third-order valence-electron chi connectivity index (χ3n) is 3.60. The van der Waals surface area contributed by atoms with Gasteiger partial charge in [0.15, 0.2) is 0 Å². The van der Waals surface area contributed by atoms with E-state index in [0.29, 0.717) is 6.61 Å². The molecule has 0 aromatic carbocycles. The summed E-state index contributed by atoms with van der Waals surface area (Å²) in [6.07, 6.45) is 18.8. The average molecular weight is 306 g/mol. The van der Waals surface area contributed by atoms with Crippen molar-refractivity contribution in [2.45, 2.75) is 90.9 Å². The normalized spacial score (nSPS) is 10.5. The quantitative estimate of drug-likeness (QED) is 0.186. The molecule has 0 aliphatic carbocycles. The van der Waals surface area contributed by atoms with Crippen LogP contribution in [0.1, 0.15) is 90.9 Å². The average Bonchev–Trinajstić information content (AvgIpc) is 2.51. The summed E-state index contributed by atoms with van der Waals surface area (Å²) < 4.78 is 4.77. The van der Waals surface area contributed by atoms with Crippen LogP contribution >= 0.6 is 0 Å². The van der Waals surface area contributed by atoms with E-state index in [1.54, 1.807) is 13.0 Å². The molecule has 0 fully saturated rings. The Hall–Kier alpha value is -1.23. The number of carbonyl (C=O) groups excluding carboxylic acids is 1.